The molecule has 9 heavy (non-hydrogen) atoms. The molecule has 1 heterocycles. The van der Waals surface area contributed by atoms with Gasteiger partial charge in [0.05, 0.1) is 2.88 Å². The quantitative estimate of drug-likeness (QED) is 0.549. The van der Waals surface area contributed by atoms with E-state index in [0.717, 1.165) is 5.33 Å². The van der Waals surface area contributed by atoms with E-state index in [-0.39, 0.29) is 0 Å². The first-order chi connectivity index (χ1) is 4.24. The third-order valence-corrected chi connectivity index (χ3v) is 3.59. The van der Waals surface area contributed by atoms with E-state index >= 15 is 0 Å². The standard InChI is InChI=1S/C6H6BrIS/c1-4-5(3-7)2-6(8)9-4/h2H,3H2,1H3. The second kappa shape index (κ2) is 3.34. The Labute approximate surface area is 80.9 Å². The zero-order valence-corrected chi connectivity index (χ0v) is 9.51. The third-order valence-electron chi connectivity index (χ3n) is 1.13. The van der Waals surface area contributed by atoms with Gasteiger partial charge in [0.25, 0.3) is 0 Å². The molecule has 0 aliphatic carbocycles. The summed E-state index contributed by atoms with van der Waals surface area (Å²) in [6, 6.07) is 2.22. The van der Waals surface area contributed by atoms with Crippen molar-refractivity contribution in [2.45, 2.75) is 12.3 Å². The van der Waals surface area contributed by atoms with Crippen molar-refractivity contribution < 1.29 is 0 Å². The van der Waals surface area contributed by atoms with Crippen LogP contribution in [0.3, 0.4) is 0 Å². The van der Waals surface area contributed by atoms with Gasteiger partial charge < -0.3 is 0 Å². The van der Waals surface area contributed by atoms with Crippen LogP contribution in [0.25, 0.3) is 0 Å². The maximum atomic E-state index is 3.42. The molecule has 1 aromatic heterocycles. The van der Waals surface area contributed by atoms with Crippen LogP contribution in [0.15, 0.2) is 6.07 Å². The molecule has 0 saturated carbocycles. The molecule has 0 aromatic carbocycles. The molecule has 3 heteroatoms. The lowest BCUT2D eigenvalue weighted by atomic mass is 10.3. The monoisotopic (exact) mass is 316 g/mol. The molecular weight excluding hydrogens is 311 g/mol. The van der Waals surface area contributed by atoms with Gasteiger partial charge in [-0.1, -0.05) is 15.9 Å². The molecule has 0 atom stereocenters. The van der Waals surface area contributed by atoms with Crippen LogP contribution in [0.4, 0.5) is 0 Å². The van der Waals surface area contributed by atoms with Gasteiger partial charge in [-0.3, -0.25) is 0 Å². The summed E-state index contributed by atoms with van der Waals surface area (Å²) in [6.07, 6.45) is 0. The van der Waals surface area contributed by atoms with Gasteiger partial charge in [0.2, 0.25) is 0 Å². The van der Waals surface area contributed by atoms with Crippen molar-refractivity contribution in [1.29, 1.82) is 0 Å². The smallest absolute Gasteiger partial charge is 0.0659 e. The van der Waals surface area contributed by atoms with Gasteiger partial charge in [-0.05, 0) is 41.1 Å². The minimum atomic E-state index is 0.984. The number of thiophene rings is 1. The Bertz CT molecular complexity index is 207. The Hall–Kier alpha value is 0.910. The summed E-state index contributed by atoms with van der Waals surface area (Å²) in [5, 5.41) is 0.984. The highest BCUT2D eigenvalue weighted by atomic mass is 127. The molecule has 0 unspecified atom stereocenters. The van der Waals surface area contributed by atoms with Gasteiger partial charge in [0.1, 0.15) is 0 Å². The van der Waals surface area contributed by atoms with Crippen molar-refractivity contribution in [3.63, 3.8) is 0 Å². The molecule has 0 aliphatic heterocycles. The molecule has 0 spiro atoms. The topological polar surface area (TPSA) is 0 Å². The first-order valence-corrected chi connectivity index (χ1v) is 5.56. The Morgan fingerprint density at radius 1 is 1.78 bits per heavy atom. The van der Waals surface area contributed by atoms with E-state index < -0.39 is 0 Å². The Morgan fingerprint density at radius 2 is 2.44 bits per heavy atom. The first-order valence-electron chi connectivity index (χ1n) is 2.55. The van der Waals surface area contributed by atoms with Gasteiger partial charge >= 0.3 is 0 Å². The van der Waals surface area contributed by atoms with E-state index in [9.17, 15) is 0 Å². The Kier molecular flexibility index (Phi) is 2.98. The summed E-state index contributed by atoms with van der Waals surface area (Å²) in [6.45, 7) is 2.16. The molecule has 0 radical (unpaired) electrons. The number of aryl methyl sites for hydroxylation is 1. The molecule has 0 bridgehead atoms. The normalized spacial score (nSPS) is 10.1. The van der Waals surface area contributed by atoms with Crippen molar-refractivity contribution in [2.24, 2.45) is 0 Å². The van der Waals surface area contributed by atoms with Gasteiger partial charge in [-0.15, -0.1) is 11.3 Å². The number of alkyl halides is 1. The lowest BCUT2D eigenvalue weighted by Crippen LogP contribution is -1.71. The van der Waals surface area contributed by atoms with E-state index in [2.05, 4.69) is 51.5 Å². The van der Waals surface area contributed by atoms with E-state index in [0.29, 0.717) is 0 Å². The van der Waals surface area contributed by atoms with Crippen LogP contribution in [0, 0.1) is 9.81 Å². The summed E-state index contributed by atoms with van der Waals surface area (Å²) < 4.78 is 1.37. The highest BCUT2D eigenvalue weighted by molar-refractivity contribution is 14.1. The molecule has 0 fully saturated rings. The van der Waals surface area contributed by atoms with E-state index in [4.69, 9.17) is 0 Å². The molecule has 50 valence electrons. The van der Waals surface area contributed by atoms with E-state index in [1.165, 1.54) is 13.3 Å². The van der Waals surface area contributed by atoms with Gasteiger partial charge in [0.15, 0.2) is 0 Å². The van der Waals surface area contributed by atoms with Crippen molar-refractivity contribution in [3.8, 4) is 0 Å². The predicted molar refractivity (Wildman–Crippen MR) is 54.4 cm³/mol. The number of hydrogen-bond donors (Lipinski definition) is 0. The van der Waals surface area contributed by atoms with Gasteiger partial charge in [0, 0.05) is 10.2 Å². The Balaban J connectivity index is 3.01. The largest absolute Gasteiger partial charge is 0.134 e. The summed E-state index contributed by atoms with van der Waals surface area (Å²) in [7, 11) is 0. The number of halogens is 2. The second-order valence-corrected chi connectivity index (χ2v) is 5.48. The number of hydrogen-bond acceptors (Lipinski definition) is 1. The van der Waals surface area contributed by atoms with Crippen LogP contribution in [0.1, 0.15) is 10.4 Å². The van der Waals surface area contributed by atoms with Crippen molar-refractivity contribution in [1.82, 2.24) is 0 Å². The fraction of sp³-hybridized carbons (Fsp3) is 0.333. The third kappa shape index (κ3) is 1.91. The molecule has 0 nitrogen and oxygen atoms in total. The number of rotatable bonds is 1. The van der Waals surface area contributed by atoms with Crippen molar-refractivity contribution in [2.75, 3.05) is 0 Å². The van der Waals surface area contributed by atoms with Crippen LogP contribution in [-0.4, -0.2) is 0 Å². The zero-order valence-electron chi connectivity index (χ0n) is 4.95. The van der Waals surface area contributed by atoms with Crippen LogP contribution >= 0.6 is 49.9 Å². The highest BCUT2D eigenvalue weighted by Crippen LogP contribution is 2.24. The first kappa shape index (κ1) is 8.01. The maximum absolute atomic E-state index is 3.42. The summed E-state index contributed by atoms with van der Waals surface area (Å²) in [5.41, 5.74) is 1.42. The maximum Gasteiger partial charge on any atom is 0.0659 e. The lowest BCUT2D eigenvalue weighted by Gasteiger charge is -1.86. The second-order valence-electron chi connectivity index (χ2n) is 1.77. The predicted octanol–water partition coefficient (Wildman–Crippen LogP) is 3.56. The van der Waals surface area contributed by atoms with Crippen LogP contribution in [-0.2, 0) is 5.33 Å². The van der Waals surface area contributed by atoms with Crippen molar-refractivity contribution in [3.05, 3.63) is 19.4 Å². The molecule has 1 rings (SSSR count). The molecule has 1 aromatic rings. The summed E-state index contributed by atoms with van der Waals surface area (Å²) in [4.78, 5) is 1.43. The Morgan fingerprint density at radius 3 is 2.67 bits per heavy atom. The van der Waals surface area contributed by atoms with Crippen LogP contribution < -0.4 is 0 Å². The minimum Gasteiger partial charge on any atom is -0.134 e. The van der Waals surface area contributed by atoms with Gasteiger partial charge in [-0.25, -0.2) is 0 Å². The van der Waals surface area contributed by atoms with E-state index in [1.54, 1.807) is 0 Å². The summed E-state index contributed by atoms with van der Waals surface area (Å²) >= 11 is 7.62. The fourth-order valence-corrected chi connectivity index (χ4v) is 3.50. The molecule has 0 saturated heterocycles. The average molecular weight is 317 g/mol. The molecular formula is C6H6BrIS. The SMILES string of the molecule is Cc1sc(I)cc1CBr. The minimum absolute atomic E-state index is 0.984. The van der Waals surface area contributed by atoms with E-state index in [1.807, 2.05) is 11.3 Å². The van der Waals surface area contributed by atoms with Crippen molar-refractivity contribution >= 4 is 49.9 Å². The lowest BCUT2D eigenvalue weighted by molar-refractivity contribution is 1.41. The molecule has 0 aliphatic rings. The summed E-state index contributed by atoms with van der Waals surface area (Å²) in [5.74, 6) is 0. The van der Waals surface area contributed by atoms with Crippen LogP contribution in [0.2, 0.25) is 0 Å². The fourth-order valence-electron chi connectivity index (χ4n) is 0.613. The van der Waals surface area contributed by atoms with Gasteiger partial charge in [-0.2, -0.15) is 0 Å². The average Bonchev–Trinajstić information content (AvgIpc) is 2.10. The highest BCUT2D eigenvalue weighted by Gasteiger charge is 1.99. The van der Waals surface area contributed by atoms with Crippen LogP contribution in [0.5, 0.6) is 0 Å². The molecule has 0 N–H and O–H groups in total. The molecule has 0 amide bonds. The zero-order chi connectivity index (χ0) is 6.85.